The molecule has 0 amide bonds. The lowest BCUT2D eigenvalue weighted by atomic mass is 10.3. The van der Waals surface area contributed by atoms with Gasteiger partial charge in [0.1, 0.15) is 5.03 Å². The van der Waals surface area contributed by atoms with Gasteiger partial charge in [-0.25, -0.2) is 4.98 Å². The monoisotopic (exact) mass is 341 g/mol. The average Bonchev–Trinajstić information content (AvgIpc) is 2.37. The minimum absolute atomic E-state index is 0.0439. The third-order valence-corrected chi connectivity index (χ3v) is 4.02. The molecule has 0 saturated heterocycles. The van der Waals surface area contributed by atoms with Crippen LogP contribution in [0, 0.1) is 0 Å². The van der Waals surface area contributed by atoms with Gasteiger partial charge in [-0.15, -0.1) is 11.8 Å². The minimum Gasteiger partial charge on any atom is -0.316 e. The maximum atomic E-state index is 12.5. The summed E-state index contributed by atoms with van der Waals surface area (Å²) in [6.07, 6.45) is -2.54. The Bertz CT molecular complexity index is 441. The van der Waals surface area contributed by atoms with E-state index in [-0.39, 0.29) is 5.02 Å². The molecule has 0 aliphatic heterocycles. The van der Waals surface area contributed by atoms with E-state index in [0.717, 1.165) is 38.3 Å². The number of rotatable bonds is 8. The fourth-order valence-electron chi connectivity index (χ4n) is 1.55. The maximum Gasteiger partial charge on any atom is 0.417 e. The first-order chi connectivity index (χ1) is 9.80. The van der Waals surface area contributed by atoms with E-state index in [2.05, 4.69) is 15.2 Å². The smallest absolute Gasteiger partial charge is 0.316 e. The van der Waals surface area contributed by atoms with Gasteiger partial charge in [0.2, 0.25) is 0 Å². The van der Waals surface area contributed by atoms with E-state index in [1.165, 1.54) is 11.8 Å². The molecule has 21 heavy (non-hydrogen) atoms. The van der Waals surface area contributed by atoms with E-state index in [1.807, 2.05) is 14.1 Å². The van der Waals surface area contributed by atoms with Crippen LogP contribution in [0.1, 0.15) is 12.0 Å². The van der Waals surface area contributed by atoms with Crippen LogP contribution >= 0.6 is 23.4 Å². The highest BCUT2D eigenvalue weighted by Crippen LogP contribution is 2.33. The molecule has 0 radical (unpaired) electrons. The van der Waals surface area contributed by atoms with Gasteiger partial charge >= 0.3 is 6.18 Å². The third-order valence-electron chi connectivity index (χ3n) is 2.61. The minimum atomic E-state index is -4.41. The Morgan fingerprint density at radius 2 is 2.05 bits per heavy atom. The molecule has 8 heteroatoms. The summed E-state index contributed by atoms with van der Waals surface area (Å²) in [6, 6.07) is 0.918. The standard InChI is InChI=1S/C13H19ClF3N3S/c1-20(2)6-3-4-18-5-7-21-12-11(14)8-10(9-19-12)13(15,16)17/h8-9,18H,3-7H2,1-2H3. The van der Waals surface area contributed by atoms with Crippen LogP contribution in [0.2, 0.25) is 5.02 Å². The van der Waals surface area contributed by atoms with Crippen LogP contribution in [0.15, 0.2) is 17.3 Å². The van der Waals surface area contributed by atoms with Crippen LogP contribution in [0.4, 0.5) is 13.2 Å². The zero-order valence-corrected chi connectivity index (χ0v) is 13.6. The first-order valence-electron chi connectivity index (χ1n) is 6.51. The van der Waals surface area contributed by atoms with Crippen molar-refractivity contribution in [2.75, 3.05) is 39.5 Å². The second-order valence-electron chi connectivity index (χ2n) is 4.76. The Labute approximate surface area is 132 Å². The lowest BCUT2D eigenvalue weighted by Crippen LogP contribution is -2.23. The molecule has 120 valence electrons. The number of hydrogen-bond acceptors (Lipinski definition) is 4. The zero-order chi connectivity index (χ0) is 15.9. The SMILES string of the molecule is CN(C)CCCNCCSc1ncc(C(F)(F)F)cc1Cl. The van der Waals surface area contributed by atoms with Gasteiger partial charge in [-0.3, -0.25) is 0 Å². The summed E-state index contributed by atoms with van der Waals surface area (Å²) < 4.78 is 37.4. The highest BCUT2D eigenvalue weighted by Gasteiger charge is 2.31. The van der Waals surface area contributed by atoms with Crippen molar-refractivity contribution in [1.82, 2.24) is 15.2 Å². The van der Waals surface area contributed by atoms with E-state index < -0.39 is 11.7 Å². The van der Waals surface area contributed by atoms with E-state index in [4.69, 9.17) is 11.6 Å². The van der Waals surface area contributed by atoms with E-state index in [1.54, 1.807) is 0 Å². The van der Waals surface area contributed by atoms with Crippen LogP contribution in [0.5, 0.6) is 0 Å². The van der Waals surface area contributed by atoms with Crippen molar-refractivity contribution in [2.24, 2.45) is 0 Å². The number of aromatic nitrogens is 1. The van der Waals surface area contributed by atoms with Crippen LogP contribution < -0.4 is 5.32 Å². The van der Waals surface area contributed by atoms with Gasteiger partial charge in [0.15, 0.2) is 0 Å². The molecular weight excluding hydrogens is 323 g/mol. The van der Waals surface area contributed by atoms with Crippen molar-refractivity contribution in [3.63, 3.8) is 0 Å². The van der Waals surface area contributed by atoms with Crippen molar-refractivity contribution in [3.05, 3.63) is 22.8 Å². The van der Waals surface area contributed by atoms with Gasteiger partial charge in [0.25, 0.3) is 0 Å². The second-order valence-corrected chi connectivity index (χ2v) is 6.25. The van der Waals surface area contributed by atoms with Crippen molar-refractivity contribution in [2.45, 2.75) is 17.6 Å². The Hall–Kier alpha value is -0.500. The lowest BCUT2D eigenvalue weighted by molar-refractivity contribution is -0.137. The van der Waals surface area contributed by atoms with Gasteiger partial charge in [-0.1, -0.05) is 11.6 Å². The summed E-state index contributed by atoms with van der Waals surface area (Å²) in [5.41, 5.74) is -0.821. The summed E-state index contributed by atoms with van der Waals surface area (Å²) in [5, 5.41) is 3.74. The molecule has 0 atom stereocenters. The highest BCUT2D eigenvalue weighted by atomic mass is 35.5. The van der Waals surface area contributed by atoms with Crippen molar-refractivity contribution in [3.8, 4) is 0 Å². The predicted molar refractivity (Wildman–Crippen MR) is 81.0 cm³/mol. The third kappa shape index (κ3) is 7.35. The molecule has 1 aromatic heterocycles. The maximum absolute atomic E-state index is 12.5. The van der Waals surface area contributed by atoms with Crippen LogP contribution in [0.3, 0.4) is 0 Å². The molecule has 1 heterocycles. The molecule has 3 nitrogen and oxygen atoms in total. The van der Waals surface area contributed by atoms with E-state index in [0.29, 0.717) is 10.8 Å². The second kappa shape index (κ2) is 8.82. The predicted octanol–water partition coefficient (Wildman–Crippen LogP) is 3.39. The molecule has 0 bridgehead atoms. The number of thioether (sulfide) groups is 1. The number of hydrogen-bond donors (Lipinski definition) is 1. The Morgan fingerprint density at radius 3 is 2.62 bits per heavy atom. The first kappa shape index (κ1) is 18.5. The Kier molecular flexibility index (Phi) is 7.79. The summed E-state index contributed by atoms with van der Waals surface area (Å²) >= 11 is 7.17. The van der Waals surface area contributed by atoms with E-state index in [9.17, 15) is 13.2 Å². The van der Waals surface area contributed by atoms with Gasteiger partial charge < -0.3 is 10.2 Å². The summed E-state index contributed by atoms with van der Waals surface area (Å²) in [6.45, 7) is 2.69. The van der Waals surface area contributed by atoms with Gasteiger partial charge in [-0.2, -0.15) is 13.2 Å². The van der Waals surface area contributed by atoms with Gasteiger partial charge in [0, 0.05) is 18.5 Å². The molecule has 0 aliphatic rings. The molecule has 0 aromatic carbocycles. The van der Waals surface area contributed by atoms with Crippen molar-refractivity contribution >= 4 is 23.4 Å². The summed E-state index contributed by atoms with van der Waals surface area (Å²) in [4.78, 5) is 5.89. The highest BCUT2D eigenvalue weighted by molar-refractivity contribution is 7.99. The number of halogens is 4. The molecule has 1 N–H and O–H groups in total. The number of nitrogens with one attached hydrogen (secondary N) is 1. The molecule has 0 saturated carbocycles. The molecule has 0 spiro atoms. The lowest BCUT2D eigenvalue weighted by Gasteiger charge is -2.10. The molecule has 0 fully saturated rings. The number of pyridine rings is 1. The Balaban J connectivity index is 2.30. The molecule has 1 aromatic rings. The summed E-state index contributed by atoms with van der Waals surface area (Å²) in [5.74, 6) is 0.708. The average molecular weight is 342 g/mol. The van der Waals surface area contributed by atoms with Crippen molar-refractivity contribution in [1.29, 1.82) is 0 Å². The fraction of sp³-hybridized carbons (Fsp3) is 0.615. The molecule has 0 unspecified atom stereocenters. The van der Waals surface area contributed by atoms with E-state index >= 15 is 0 Å². The van der Waals surface area contributed by atoms with Gasteiger partial charge in [0.05, 0.1) is 10.6 Å². The quantitative estimate of drug-likeness (QED) is 0.579. The first-order valence-corrected chi connectivity index (χ1v) is 7.88. The molecular formula is C13H19ClF3N3S. The molecule has 0 aliphatic carbocycles. The van der Waals surface area contributed by atoms with Crippen LogP contribution in [-0.2, 0) is 6.18 Å². The Morgan fingerprint density at radius 1 is 1.33 bits per heavy atom. The van der Waals surface area contributed by atoms with Crippen molar-refractivity contribution < 1.29 is 13.2 Å². The summed E-state index contributed by atoms with van der Waals surface area (Å²) in [7, 11) is 4.04. The van der Waals surface area contributed by atoms with Gasteiger partial charge in [-0.05, 0) is 39.7 Å². The zero-order valence-electron chi connectivity index (χ0n) is 12.0. The normalized spacial score (nSPS) is 12.1. The van der Waals surface area contributed by atoms with Crippen LogP contribution in [0.25, 0.3) is 0 Å². The largest absolute Gasteiger partial charge is 0.417 e. The topological polar surface area (TPSA) is 28.2 Å². The number of nitrogens with zero attached hydrogens (tertiary/aromatic N) is 2. The number of alkyl halides is 3. The molecule has 1 rings (SSSR count). The van der Waals surface area contributed by atoms with Crippen LogP contribution in [-0.4, -0.2) is 49.4 Å². The fourth-order valence-corrected chi connectivity index (χ4v) is 2.65.